The van der Waals surface area contributed by atoms with Gasteiger partial charge in [0.1, 0.15) is 5.82 Å². The SMILES string of the molecule is C=C.C=C/C(C)=C\C(=C/C)NS(=O)(=O)/C=C\c1cccc(F)c1. The lowest BCUT2D eigenvalue weighted by molar-refractivity contribution is 0.598. The minimum Gasteiger partial charge on any atom is -0.280 e. The van der Waals surface area contributed by atoms with E-state index in [0.29, 0.717) is 11.3 Å². The highest BCUT2D eigenvalue weighted by Crippen LogP contribution is 2.08. The van der Waals surface area contributed by atoms with E-state index >= 15 is 0 Å². The van der Waals surface area contributed by atoms with Crippen LogP contribution in [0.1, 0.15) is 19.4 Å². The number of nitrogens with one attached hydrogen (secondary N) is 1. The second-order valence-corrected chi connectivity index (χ2v) is 5.91. The first-order valence-corrected chi connectivity index (χ1v) is 8.34. The fourth-order valence-electron chi connectivity index (χ4n) is 1.45. The average Bonchev–Trinajstić information content (AvgIpc) is 2.54. The topological polar surface area (TPSA) is 46.2 Å². The van der Waals surface area contributed by atoms with Crippen molar-refractivity contribution in [2.24, 2.45) is 0 Å². The van der Waals surface area contributed by atoms with Gasteiger partial charge in [0.25, 0.3) is 10.0 Å². The Morgan fingerprint density at radius 2 is 1.96 bits per heavy atom. The maximum atomic E-state index is 13.0. The molecule has 0 amide bonds. The van der Waals surface area contributed by atoms with Gasteiger partial charge in [0, 0.05) is 5.70 Å². The lowest BCUT2D eigenvalue weighted by Gasteiger charge is -2.05. The fraction of sp³-hybridized carbons (Fsp3) is 0.111. The zero-order chi connectivity index (χ0) is 17.9. The lowest BCUT2D eigenvalue weighted by atomic mass is 10.2. The van der Waals surface area contributed by atoms with Gasteiger partial charge < -0.3 is 0 Å². The predicted molar refractivity (Wildman–Crippen MR) is 96.5 cm³/mol. The van der Waals surface area contributed by atoms with Crippen LogP contribution in [-0.2, 0) is 10.0 Å². The summed E-state index contributed by atoms with van der Waals surface area (Å²) < 4.78 is 39.3. The third-order valence-electron chi connectivity index (χ3n) is 2.56. The van der Waals surface area contributed by atoms with Gasteiger partial charge in [-0.2, -0.15) is 0 Å². The quantitative estimate of drug-likeness (QED) is 0.612. The van der Waals surface area contributed by atoms with Gasteiger partial charge in [-0.1, -0.05) is 30.9 Å². The molecule has 0 aliphatic rings. The summed E-state index contributed by atoms with van der Waals surface area (Å²) in [6, 6.07) is 5.69. The number of halogens is 1. The summed E-state index contributed by atoms with van der Waals surface area (Å²) in [5.74, 6) is -0.416. The second kappa shape index (κ2) is 10.3. The van der Waals surface area contributed by atoms with Crippen molar-refractivity contribution in [3.8, 4) is 0 Å². The molecule has 0 aliphatic heterocycles. The number of hydrogen-bond acceptors (Lipinski definition) is 2. The molecule has 5 heteroatoms. The Balaban J connectivity index is 0.00000232. The molecule has 0 aromatic heterocycles. The number of hydrogen-bond donors (Lipinski definition) is 1. The standard InChI is InChI=1S/C16H18FNO2S.C2H4/c1-4-13(3)11-16(5-2)18-21(19,20)10-9-14-7-6-8-15(17)12-14;1-2/h4-12,18H,1H2,2-3H3;1-2H2/b10-9-,13-11-,16-5+;. The molecule has 1 N–H and O–H groups in total. The third-order valence-corrected chi connectivity index (χ3v) is 3.58. The van der Waals surface area contributed by atoms with Crippen molar-refractivity contribution in [1.29, 1.82) is 0 Å². The molecule has 0 saturated heterocycles. The fourth-order valence-corrected chi connectivity index (χ4v) is 2.36. The Hall–Kier alpha value is -2.40. The van der Waals surface area contributed by atoms with Crippen molar-refractivity contribution < 1.29 is 12.8 Å². The zero-order valence-corrected chi connectivity index (χ0v) is 14.2. The monoisotopic (exact) mass is 335 g/mol. The molecule has 0 saturated carbocycles. The third kappa shape index (κ3) is 8.58. The molecule has 23 heavy (non-hydrogen) atoms. The van der Waals surface area contributed by atoms with Gasteiger partial charge in [-0.15, -0.1) is 13.2 Å². The summed E-state index contributed by atoms with van der Waals surface area (Å²) in [7, 11) is -3.66. The van der Waals surface area contributed by atoms with Crippen LogP contribution in [0.2, 0.25) is 0 Å². The van der Waals surface area contributed by atoms with Crippen LogP contribution in [0.25, 0.3) is 6.08 Å². The molecule has 0 heterocycles. The summed E-state index contributed by atoms with van der Waals surface area (Å²) in [5, 5.41) is 1.00. The van der Waals surface area contributed by atoms with Crippen molar-refractivity contribution in [2.45, 2.75) is 13.8 Å². The molecule has 0 radical (unpaired) electrons. The Bertz CT molecular complexity index is 716. The van der Waals surface area contributed by atoms with Gasteiger partial charge in [-0.3, -0.25) is 4.72 Å². The van der Waals surface area contributed by atoms with E-state index in [0.717, 1.165) is 11.0 Å². The Kier molecular flexibility index (Phi) is 9.27. The van der Waals surface area contributed by atoms with Gasteiger partial charge >= 0.3 is 0 Å². The molecule has 0 bridgehead atoms. The lowest BCUT2D eigenvalue weighted by Crippen LogP contribution is -2.19. The largest absolute Gasteiger partial charge is 0.280 e. The minimum absolute atomic E-state index is 0.416. The van der Waals surface area contributed by atoms with Gasteiger partial charge in [-0.05, 0) is 49.3 Å². The van der Waals surface area contributed by atoms with E-state index in [1.165, 1.54) is 24.3 Å². The summed E-state index contributed by atoms with van der Waals surface area (Å²) >= 11 is 0. The molecule has 0 spiro atoms. The van der Waals surface area contributed by atoms with E-state index < -0.39 is 15.8 Å². The first kappa shape index (κ1) is 20.6. The Labute approximate surface area is 138 Å². The van der Waals surface area contributed by atoms with Gasteiger partial charge in [0.2, 0.25) is 0 Å². The molecule has 1 rings (SSSR count). The van der Waals surface area contributed by atoms with Crippen molar-refractivity contribution in [3.63, 3.8) is 0 Å². The highest BCUT2D eigenvalue weighted by molar-refractivity contribution is 7.92. The molecular formula is C18H22FNO2S. The van der Waals surface area contributed by atoms with Gasteiger partial charge in [-0.25, -0.2) is 12.8 Å². The molecule has 1 aromatic carbocycles. The van der Waals surface area contributed by atoms with Crippen LogP contribution in [0.4, 0.5) is 4.39 Å². The number of rotatable bonds is 6. The van der Waals surface area contributed by atoms with Crippen molar-refractivity contribution in [2.75, 3.05) is 0 Å². The maximum absolute atomic E-state index is 13.0. The molecule has 124 valence electrons. The first-order chi connectivity index (χ1) is 10.9. The normalized spacial score (nSPS) is 12.5. The van der Waals surface area contributed by atoms with Crippen LogP contribution in [-0.4, -0.2) is 8.42 Å². The highest BCUT2D eigenvalue weighted by atomic mass is 32.2. The van der Waals surface area contributed by atoms with Crippen LogP contribution in [0.15, 0.2) is 78.9 Å². The zero-order valence-electron chi connectivity index (χ0n) is 13.4. The van der Waals surface area contributed by atoms with Crippen molar-refractivity contribution in [3.05, 3.63) is 90.3 Å². The summed E-state index contributed by atoms with van der Waals surface area (Å²) in [5.41, 5.74) is 1.75. The van der Waals surface area contributed by atoms with E-state index in [1.807, 2.05) is 6.92 Å². The summed E-state index contributed by atoms with van der Waals surface area (Å²) in [6.45, 7) is 13.1. The summed E-state index contributed by atoms with van der Waals surface area (Å²) in [6.07, 6.45) is 6.27. The van der Waals surface area contributed by atoms with Crippen LogP contribution in [0.3, 0.4) is 0 Å². The van der Waals surface area contributed by atoms with Crippen LogP contribution >= 0.6 is 0 Å². The number of benzene rings is 1. The highest BCUT2D eigenvalue weighted by Gasteiger charge is 2.06. The van der Waals surface area contributed by atoms with Crippen LogP contribution < -0.4 is 4.72 Å². The Morgan fingerprint density at radius 1 is 1.30 bits per heavy atom. The minimum atomic E-state index is -3.66. The molecule has 3 nitrogen and oxygen atoms in total. The molecule has 0 unspecified atom stereocenters. The van der Waals surface area contributed by atoms with Crippen molar-refractivity contribution in [1.82, 2.24) is 4.72 Å². The average molecular weight is 335 g/mol. The number of sulfonamides is 1. The van der Waals surface area contributed by atoms with E-state index in [2.05, 4.69) is 24.5 Å². The van der Waals surface area contributed by atoms with Gasteiger partial charge in [0.15, 0.2) is 0 Å². The van der Waals surface area contributed by atoms with Crippen molar-refractivity contribution >= 4 is 16.1 Å². The predicted octanol–water partition coefficient (Wildman–Crippen LogP) is 4.55. The second-order valence-electron chi connectivity index (χ2n) is 4.34. The molecular weight excluding hydrogens is 313 g/mol. The van der Waals surface area contributed by atoms with E-state index in [4.69, 9.17) is 0 Å². The molecule has 0 fully saturated rings. The molecule has 0 atom stereocenters. The number of allylic oxidation sites excluding steroid dienone is 4. The smallest absolute Gasteiger partial charge is 0.255 e. The van der Waals surface area contributed by atoms with E-state index in [-0.39, 0.29) is 0 Å². The summed E-state index contributed by atoms with van der Waals surface area (Å²) in [4.78, 5) is 0. The van der Waals surface area contributed by atoms with Crippen LogP contribution in [0.5, 0.6) is 0 Å². The maximum Gasteiger partial charge on any atom is 0.255 e. The van der Waals surface area contributed by atoms with E-state index in [9.17, 15) is 12.8 Å². The molecule has 1 aromatic rings. The molecule has 0 aliphatic carbocycles. The first-order valence-electron chi connectivity index (χ1n) is 6.80. The van der Waals surface area contributed by atoms with Crippen LogP contribution in [0, 0.1) is 5.82 Å². The van der Waals surface area contributed by atoms with Gasteiger partial charge in [0.05, 0.1) is 5.41 Å². The Morgan fingerprint density at radius 3 is 2.48 bits per heavy atom. The van der Waals surface area contributed by atoms with E-state index in [1.54, 1.807) is 31.2 Å².